The van der Waals surface area contributed by atoms with Crippen LogP contribution < -0.4 is 10.1 Å². The Bertz CT molecular complexity index is 539. The minimum atomic E-state index is 0.0373. The molecule has 1 aromatic rings. The maximum absolute atomic E-state index is 5.97. The first kappa shape index (κ1) is 20.6. The van der Waals surface area contributed by atoms with Gasteiger partial charge in [0, 0.05) is 33.4 Å². The number of benzene rings is 1. The summed E-state index contributed by atoms with van der Waals surface area (Å²) in [6.45, 7) is 10.6. The highest BCUT2D eigenvalue weighted by Gasteiger charge is 2.15. The molecule has 1 unspecified atom stereocenters. The van der Waals surface area contributed by atoms with Gasteiger partial charge in [0.25, 0.3) is 0 Å². The molecule has 1 fully saturated rings. The molecule has 5 nitrogen and oxygen atoms in total. The van der Waals surface area contributed by atoms with Gasteiger partial charge in [-0.1, -0.05) is 17.7 Å². The van der Waals surface area contributed by atoms with Crippen molar-refractivity contribution in [3.8, 4) is 5.75 Å². The van der Waals surface area contributed by atoms with E-state index in [9.17, 15) is 0 Å². The van der Waals surface area contributed by atoms with E-state index in [2.05, 4.69) is 50.2 Å². The van der Waals surface area contributed by atoms with E-state index in [0.717, 1.165) is 43.9 Å². The minimum absolute atomic E-state index is 0.0373. The Labute approximate surface area is 158 Å². The van der Waals surface area contributed by atoms with Gasteiger partial charge in [-0.25, -0.2) is 4.99 Å². The van der Waals surface area contributed by atoms with Gasteiger partial charge in [0.05, 0.1) is 6.54 Å². The normalized spacial score (nSPS) is 17.0. The molecule has 146 valence electrons. The largest absolute Gasteiger partial charge is 0.489 e. The van der Waals surface area contributed by atoms with Crippen LogP contribution in [0, 0.1) is 12.8 Å². The Kier molecular flexibility index (Phi) is 8.75. The Hall–Kier alpha value is -1.75. The van der Waals surface area contributed by atoms with Gasteiger partial charge in [0.1, 0.15) is 11.9 Å². The van der Waals surface area contributed by atoms with Crippen molar-refractivity contribution in [2.75, 3.05) is 39.9 Å². The van der Waals surface area contributed by atoms with E-state index in [1.807, 2.05) is 12.1 Å². The third kappa shape index (κ3) is 7.24. The van der Waals surface area contributed by atoms with Gasteiger partial charge in [0.15, 0.2) is 5.96 Å². The summed E-state index contributed by atoms with van der Waals surface area (Å²) in [7, 11) is 2.12. The summed E-state index contributed by atoms with van der Waals surface area (Å²) in [6.07, 6.45) is 3.60. The summed E-state index contributed by atoms with van der Waals surface area (Å²) in [5, 5.41) is 3.39. The topological polar surface area (TPSA) is 46.1 Å². The number of aryl methyl sites for hydroxylation is 1. The number of hydrogen-bond acceptors (Lipinski definition) is 3. The van der Waals surface area contributed by atoms with Gasteiger partial charge >= 0.3 is 0 Å². The second-order valence-corrected chi connectivity index (χ2v) is 7.20. The number of rotatable bonds is 8. The Morgan fingerprint density at radius 2 is 2.00 bits per heavy atom. The molecule has 5 heteroatoms. The Morgan fingerprint density at radius 3 is 2.65 bits per heavy atom. The van der Waals surface area contributed by atoms with Crippen molar-refractivity contribution in [2.45, 2.75) is 46.1 Å². The average molecular weight is 362 g/mol. The second kappa shape index (κ2) is 11.1. The van der Waals surface area contributed by atoms with Crippen LogP contribution in [0.25, 0.3) is 0 Å². The highest BCUT2D eigenvalue weighted by Crippen LogP contribution is 2.18. The number of guanidine groups is 1. The van der Waals surface area contributed by atoms with Crippen LogP contribution in [0.3, 0.4) is 0 Å². The quantitative estimate of drug-likeness (QED) is 0.569. The van der Waals surface area contributed by atoms with Crippen LogP contribution in [-0.4, -0.2) is 56.9 Å². The van der Waals surface area contributed by atoms with Gasteiger partial charge in [0.2, 0.25) is 0 Å². The lowest BCUT2D eigenvalue weighted by Gasteiger charge is -2.27. The standard InChI is InChI=1S/C21H35N3O2/c1-5-22-21(24(4)13-10-19-11-14-25-15-12-19)23-16-18(3)26-20-8-6-17(2)7-9-20/h6-9,18-19H,5,10-16H2,1-4H3,(H,22,23). The average Bonchev–Trinajstić information content (AvgIpc) is 2.66. The highest BCUT2D eigenvalue weighted by atomic mass is 16.5. The molecule has 0 spiro atoms. The number of hydrogen-bond donors (Lipinski definition) is 1. The first-order valence-electron chi connectivity index (χ1n) is 9.89. The third-order valence-corrected chi connectivity index (χ3v) is 4.77. The molecule has 26 heavy (non-hydrogen) atoms. The molecule has 1 heterocycles. The molecule has 0 radical (unpaired) electrons. The molecule has 0 aromatic heterocycles. The van der Waals surface area contributed by atoms with Crippen molar-refractivity contribution in [3.05, 3.63) is 29.8 Å². The van der Waals surface area contributed by atoms with Crippen molar-refractivity contribution in [1.82, 2.24) is 10.2 Å². The predicted octanol–water partition coefficient (Wildman–Crippen LogP) is 3.48. The zero-order chi connectivity index (χ0) is 18.8. The minimum Gasteiger partial charge on any atom is -0.489 e. The molecule has 1 atom stereocenters. The molecule has 1 N–H and O–H groups in total. The summed E-state index contributed by atoms with van der Waals surface area (Å²) in [4.78, 5) is 7.01. The third-order valence-electron chi connectivity index (χ3n) is 4.77. The molecular formula is C21H35N3O2. The lowest BCUT2D eigenvalue weighted by Crippen LogP contribution is -2.40. The van der Waals surface area contributed by atoms with Crippen molar-refractivity contribution in [1.29, 1.82) is 0 Å². The first-order valence-corrected chi connectivity index (χ1v) is 9.89. The molecule has 0 aliphatic carbocycles. The SMILES string of the molecule is CCNC(=NCC(C)Oc1ccc(C)cc1)N(C)CCC1CCOCC1. The number of nitrogens with zero attached hydrogens (tertiary/aromatic N) is 2. The summed E-state index contributed by atoms with van der Waals surface area (Å²) >= 11 is 0. The fourth-order valence-electron chi connectivity index (χ4n) is 3.09. The van der Waals surface area contributed by atoms with E-state index in [0.29, 0.717) is 6.54 Å². The summed E-state index contributed by atoms with van der Waals surface area (Å²) in [6, 6.07) is 8.17. The van der Waals surface area contributed by atoms with Crippen molar-refractivity contribution < 1.29 is 9.47 Å². The highest BCUT2D eigenvalue weighted by molar-refractivity contribution is 5.79. The maximum atomic E-state index is 5.97. The zero-order valence-corrected chi connectivity index (χ0v) is 16.8. The van der Waals surface area contributed by atoms with E-state index in [1.54, 1.807) is 0 Å². The summed E-state index contributed by atoms with van der Waals surface area (Å²) in [5.41, 5.74) is 1.24. The van der Waals surface area contributed by atoms with E-state index in [4.69, 9.17) is 14.5 Å². The Balaban J connectivity index is 1.82. The lowest BCUT2D eigenvalue weighted by atomic mass is 9.96. The van der Waals surface area contributed by atoms with E-state index >= 15 is 0 Å². The van der Waals surface area contributed by atoms with Crippen LogP contribution in [0.1, 0.15) is 38.7 Å². The van der Waals surface area contributed by atoms with Crippen LogP contribution in [0.4, 0.5) is 0 Å². The van der Waals surface area contributed by atoms with Gasteiger partial charge in [-0.3, -0.25) is 0 Å². The molecule has 1 aliphatic heterocycles. The van der Waals surface area contributed by atoms with Crippen molar-refractivity contribution in [3.63, 3.8) is 0 Å². The van der Waals surface area contributed by atoms with Crippen LogP contribution in [0.5, 0.6) is 5.75 Å². The fourth-order valence-corrected chi connectivity index (χ4v) is 3.09. The molecule has 2 rings (SSSR count). The molecule has 0 bridgehead atoms. The van der Waals surface area contributed by atoms with Gasteiger partial charge in [-0.15, -0.1) is 0 Å². The molecule has 0 amide bonds. The lowest BCUT2D eigenvalue weighted by molar-refractivity contribution is 0.0625. The van der Waals surface area contributed by atoms with Gasteiger partial charge < -0.3 is 19.7 Å². The molecule has 1 aromatic carbocycles. The molecule has 0 saturated carbocycles. The molecule has 1 saturated heterocycles. The zero-order valence-electron chi connectivity index (χ0n) is 16.8. The monoisotopic (exact) mass is 361 g/mol. The van der Waals surface area contributed by atoms with Crippen LogP contribution in [0.2, 0.25) is 0 Å². The second-order valence-electron chi connectivity index (χ2n) is 7.20. The summed E-state index contributed by atoms with van der Waals surface area (Å²) < 4.78 is 11.4. The van der Waals surface area contributed by atoms with E-state index in [1.165, 1.54) is 24.8 Å². The fraction of sp³-hybridized carbons (Fsp3) is 0.667. The molecule has 1 aliphatic rings. The van der Waals surface area contributed by atoms with Crippen LogP contribution >= 0.6 is 0 Å². The molecular weight excluding hydrogens is 326 g/mol. The predicted molar refractivity (Wildman–Crippen MR) is 108 cm³/mol. The van der Waals surface area contributed by atoms with Crippen molar-refractivity contribution >= 4 is 5.96 Å². The van der Waals surface area contributed by atoms with E-state index in [-0.39, 0.29) is 6.10 Å². The van der Waals surface area contributed by atoms with Crippen LogP contribution in [-0.2, 0) is 4.74 Å². The summed E-state index contributed by atoms with van der Waals surface area (Å²) in [5.74, 6) is 2.63. The smallest absolute Gasteiger partial charge is 0.193 e. The van der Waals surface area contributed by atoms with Gasteiger partial charge in [-0.2, -0.15) is 0 Å². The maximum Gasteiger partial charge on any atom is 0.193 e. The number of aliphatic imine (C=N–C) groups is 1. The Morgan fingerprint density at radius 1 is 1.31 bits per heavy atom. The first-order chi connectivity index (χ1) is 12.6. The van der Waals surface area contributed by atoms with Crippen LogP contribution in [0.15, 0.2) is 29.3 Å². The van der Waals surface area contributed by atoms with E-state index < -0.39 is 0 Å². The number of nitrogens with one attached hydrogen (secondary N) is 1. The number of ether oxygens (including phenoxy) is 2. The van der Waals surface area contributed by atoms with Crippen molar-refractivity contribution in [2.24, 2.45) is 10.9 Å². The van der Waals surface area contributed by atoms with Gasteiger partial charge in [-0.05, 0) is 58.1 Å².